The average molecular weight is 353 g/mol. The molecule has 0 radical (unpaired) electrons. The number of aldehydes is 1. The Morgan fingerprint density at radius 1 is 1.19 bits per heavy atom. The number of carbonyl (C=O) groups excluding carboxylic acids is 2. The molecule has 1 aliphatic rings. The van der Waals surface area contributed by atoms with Crippen LogP contribution in [0, 0.1) is 6.92 Å². The molecule has 1 amide bonds. The van der Waals surface area contributed by atoms with Gasteiger partial charge in [0, 0.05) is 17.7 Å². The molecule has 1 heterocycles. The van der Waals surface area contributed by atoms with Gasteiger partial charge in [0.05, 0.1) is 12.8 Å². The molecule has 2 aromatic carbocycles. The lowest BCUT2D eigenvalue weighted by atomic mass is 9.95. The minimum absolute atomic E-state index is 0.0732. The lowest BCUT2D eigenvalue weighted by Crippen LogP contribution is -2.52. The number of anilines is 1. The van der Waals surface area contributed by atoms with Crippen LogP contribution < -0.4 is 14.4 Å². The molecule has 0 unspecified atom stereocenters. The van der Waals surface area contributed by atoms with Gasteiger partial charge in [0.15, 0.2) is 5.60 Å². The highest BCUT2D eigenvalue weighted by Crippen LogP contribution is 2.43. The second-order valence-electron chi connectivity index (χ2n) is 6.87. The number of rotatable bonds is 4. The maximum Gasteiger partial charge on any atom is 0.270 e. The maximum atomic E-state index is 12.7. The third kappa shape index (κ3) is 2.83. The number of nitrogens with zero attached hydrogens (tertiary/aromatic N) is 1. The van der Waals surface area contributed by atoms with Crippen LogP contribution in [0.25, 0.3) is 11.1 Å². The van der Waals surface area contributed by atoms with Crippen molar-refractivity contribution in [3.05, 3.63) is 41.5 Å². The number of fused-ring (bicyclic) bond motifs is 1. The fourth-order valence-corrected chi connectivity index (χ4v) is 3.33. The summed E-state index contributed by atoms with van der Waals surface area (Å²) in [5.41, 5.74) is 3.09. The van der Waals surface area contributed by atoms with Crippen molar-refractivity contribution in [1.82, 2.24) is 0 Å². The van der Waals surface area contributed by atoms with Crippen molar-refractivity contribution in [3.63, 3.8) is 0 Å². The number of ether oxygens (including phenoxy) is 2. The molecule has 5 nitrogen and oxygen atoms in total. The summed E-state index contributed by atoms with van der Waals surface area (Å²) in [5.74, 6) is 1.28. The fourth-order valence-electron chi connectivity index (χ4n) is 3.33. The minimum atomic E-state index is -0.897. The lowest BCUT2D eigenvalue weighted by Gasteiger charge is -2.39. The van der Waals surface area contributed by atoms with Gasteiger partial charge in [-0.2, -0.15) is 0 Å². The van der Waals surface area contributed by atoms with Crippen LogP contribution in [0.1, 0.15) is 36.7 Å². The van der Waals surface area contributed by atoms with Gasteiger partial charge >= 0.3 is 0 Å². The van der Waals surface area contributed by atoms with Crippen LogP contribution in [0.3, 0.4) is 0 Å². The van der Waals surface area contributed by atoms with E-state index >= 15 is 0 Å². The molecule has 0 aromatic heterocycles. The third-order valence-electron chi connectivity index (χ3n) is 4.69. The number of methoxy groups -OCH3 is 1. The predicted octanol–water partition coefficient (Wildman–Crippen LogP) is 4.01. The Morgan fingerprint density at radius 2 is 1.92 bits per heavy atom. The van der Waals surface area contributed by atoms with Crippen LogP contribution in [-0.4, -0.2) is 31.4 Å². The van der Waals surface area contributed by atoms with E-state index in [1.54, 1.807) is 44.1 Å². The van der Waals surface area contributed by atoms with E-state index in [0.29, 0.717) is 23.6 Å². The zero-order valence-electron chi connectivity index (χ0n) is 15.8. The van der Waals surface area contributed by atoms with E-state index in [1.807, 2.05) is 26.0 Å². The SMILES string of the molecule is CCN1C(=O)C(C)(C)Oc2cc(C)c(-c3cc(C=O)ccc3OC)cc21. The summed E-state index contributed by atoms with van der Waals surface area (Å²) in [5, 5.41) is 0. The molecule has 1 aliphatic heterocycles. The Labute approximate surface area is 153 Å². The van der Waals surface area contributed by atoms with Gasteiger partial charge in [-0.3, -0.25) is 9.59 Å². The number of hydrogen-bond donors (Lipinski definition) is 0. The van der Waals surface area contributed by atoms with E-state index in [-0.39, 0.29) is 5.91 Å². The van der Waals surface area contributed by atoms with E-state index < -0.39 is 5.60 Å². The second-order valence-corrected chi connectivity index (χ2v) is 6.87. The van der Waals surface area contributed by atoms with Crippen LogP contribution in [-0.2, 0) is 4.79 Å². The molecule has 0 atom stereocenters. The summed E-state index contributed by atoms with van der Waals surface area (Å²) < 4.78 is 11.4. The molecule has 2 aromatic rings. The van der Waals surface area contributed by atoms with Crippen molar-refractivity contribution in [3.8, 4) is 22.6 Å². The second kappa shape index (κ2) is 6.48. The lowest BCUT2D eigenvalue weighted by molar-refractivity contribution is -0.132. The Balaban J connectivity index is 2.23. The van der Waals surface area contributed by atoms with Gasteiger partial charge < -0.3 is 14.4 Å². The summed E-state index contributed by atoms with van der Waals surface area (Å²) in [6.07, 6.45) is 0.810. The Bertz CT molecular complexity index is 886. The van der Waals surface area contributed by atoms with Crippen molar-refractivity contribution in [2.75, 3.05) is 18.6 Å². The molecule has 0 saturated heterocycles. The number of likely N-dealkylation sites (N-methyl/N-ethyl adjacent to an activating group) is 1. The van der Waals surface area contributed by atoms with Gasteiger partial charge in [-0.25, -0.2) is 0 Å². The van der Waals surface area contributed by atoms with Gasteiger partial charge in [-0.05, 0) is 69.2 Å². The first-order valence-electron chi connectivity index (χ1n) is 8.61. The van der Waals surface area contributed by atoms with E-state index in [1.165, 1.54) is 0 Å². The normalized spacial score (nSPS) is 15.3. The maximum absolute atomic E-state index is 12.7. The summed E-state index contributed by atoms with van der Waals surface area (Å²) in [6, 6.07) is 9.17. The standard InChI is InChI=1S/C21H23NO4/c1-6-22-17-11-15(16-10-14(12-23)7-8-18(16)25-5)13(2)9-19(17)26-21(3,4)20(22)24/h7-12H,6H2,1-5H3. The minimum Gasteiger partial charge on any atom is -0.496 e. The van der Waals surface area contributed by atoms with Crippen molar-refractivity contribution < 1.29 is 19.1 Å². The third-order valence-corrected chi connectivity index (χ3v) is 4.69. The predicted molar refractivity (Wildman–Crippen MR) is 101 cm³/mol. The molecule has 0 N–H and O–H groups in total. The zero-order chi connectivity index (χ0) is 19.1. The molecule has 0 bridgehead atoms. The quantitative estimate of drug-likeness (QED) is 0.780. The largest absolute Gasteiger partial charge is 0.496 e. The number of benzene rings is 2. The Hall–Kier alpha value is -2.82. The average Bonchev–Trinajstić information content (AvgIpc) is 2.62. The van der Waals surface area contributed by atoms with E-state index in [2.05, 4.69) is 0 Å². The summed E-state index contributed by atoms with van der Waals surface area (Å²) in [7, 11) is 1.60. The zero-order valence-corrected chi connectivity index (χ0v) is 15.8. The van der Waals surface area contributed by atoms with Crippen molar-refractivity contribution >= 4 is 17.9 Å². The number of aryl methyl sites for hydroxylation is 1. The van der Waals surface area contributed by atoms with Gasteiger partial charge in [-0.1, -0.05) is 0 Å². The molecule has 0 saturated carbocycles. The molecule has 3 rings (SSSR count). The topological polar surface area (TPSA) is 55.8 Å². The Kier molecular flexibility index (Phi) is 4.48. The first-order chi connectivity index (χ1) is 12.3. The number of carbonyl (C=O) groups is 2. The van der Waals surface area contributed by atoms with Crippen molar-refractivity contribution in [1.29, 1.82) is 0 Å². The number of hydrogen-bond acceptors (Lipinski definition) is 4. The molecule has 26 heavy (non-hydrogen) atoms. The van der Waals surface area contributed by atoms with Crippen molar-refractivity contribution in [2.45, 2.75) is 33.3 Å². The van der Waals surface area contributed by atoms with E-state index in [9.17, 15) is 9.59 Å². The first-order valence-corrected chi connectivity index (χ1v) is 8.61. The van der Waals surface area contributed by atoms with E-state index in [0.717, 1.165) is 28.7 Å². The van der Waals surface area contributed by atoms with Gasteiger partial charge in [0.1, 0.15) is 17.8 Å². The smallest absolute Gasteiger partial charge is 0.270 e. The molecule has 0 spiro atoms. The summed E-state index contributed by atoms with van der Waals surface area (Å²) >= 11 is 0. The molecule has 136 valence electrons. The molecule has 0 aliphatic carbocycles. The Morgan fingerprint density at radius 3 is 2.54 bits per heavy atom. The van der Waals surface area contributed by atoms with Crippen LogP contribution in [0.4, 0.5) is 5.69 Å². The molecular formula is C21H23NO4. The first kappa shape index (κ1) is 18.0. The number of amides is 1. The van der Waals surface area contributed by atoms with Gasteiger partial charge in [0.2, 0.25) is 0 Å². The molecule has 5 heteroatoms. The summed E-state index contributed by atoms with van der Waals surface area (Å²) in [4.78, 5) is 25.7. The highest BCUT2D eigenvalue weighted by Gasteiger charge is 2.40. The highest BCUT2D eigenvalue weighted by atomic mass is 16.5. The van der Waals surface area contributed by atoms with Gasteiger partial charge in [-0.15, -0.1) is 0 Å². The van der Waals surface area contributed by atoms with Crippen LogP contribution in [0.15, 0.2) is 30.3 Å². The van der Waals surface area contributed by atoms with Crippen LogP contribution in [0.5, 0.6) is 11.5 Å². The van der Waals surface area contributed by atoms with Crippen molar-refractivity contribution in [2.24, 2.45) is 0 Å². The highest BCUT2D eigenvalue weighted by molar-refractivity contribution is 6.03. The molecule has 0 fully saturated rings. The van der Waals surface area contributed by atoms with Crippen LogP contribution in [0.2, 0.25) is 0 Å². The monoisotopic (exact) mass is 353 g/mol. The van der Waals surface area contributed by atoms with E-state index in [4.69, 9.17) is 9.47 Å². The molecular weight excluding hydrogens is 330 g/mol. The fraction of sp³-hybridized carbons (Fsp3) is 0.333. The summed E-state index contributed by atoms with van der Waals surface area (Å²) in [6.45, 7) is 8.02. The van der Waals surface area contributed by atoms with Crippen LogP contribution >= 0.6 is 0 Å². The van der Waals surface area contributed by atoms with Gasteiger partial charge in [0.25, 0.3) is 5.91 Å².